The molecule has 3 heteroatoms. The zero-order chi connectivity index (χ0) is 15.0. The molecule has 19 heavy (non-hydrogen) atoms. The summed E-state index contributed by atoms with van der Waals surface area (Å²) in [6.45, 7) is 13.2. The Hall–Kier alpha value is -0.860. The second-order valence-corrected chi connectivity index (χ2v) is 5.97. The van der Waals surface area contributed by atoms with Crippen molar-refractivity contribution in [3.8, 4) is 0 Å². The van der Waals surface area contributed by atoms with Crippen molar-refractivity contribution >= 4 is 12.2 Å². The molecule has 112 valence electrons. The molecular weight excluding hydrogens is 238 g/mol. The maximum absolute atomic E-state index is 12.5. The van der Waals surface area contributed by atoms with Crippen molar-refractivity contribution in [3.05, 3.63) is 0 Å². The van der Waals surface area contributed by atoms with E-state index in [1.807, 2.05) is 18.7 Å². The SMILES string of the molecule is CCC(CC=O)C(C)N(CC)C(=O)C(C)CC(C)C. The topological polar surface area (TPSA) is 37.4 Å². The van der Waals surface area contributed by atoms with Crippen molar-refractivity contribution in [2.75, 3.05) is 6.54 Å². The molecule has 0 spiro atoms. The van der Waals surface area contributed by atoms with E-state index in [0.29, 0.717) is 12.3 Å². The number of carbonyl (C=O) groups is 2. The highest BCUT2D eigenvalue weighted by atomic mass is 16.2. The summed E-state index contributed by atoms with van der Waals surface area (Å²) in [5, 5.41) is 0. The Morgan fingerprint density at radius 1 is 1.16 bits per heavy atom. The average molecular weight is 269 g/mol. The minimum Gasteiger partial charge on any atom is -0.340 e. The van der Waals surface area contributed by atoms with Crippen LogP contribution in [0.2, 0.25) is 0 Å². The number of aldehydes is 1. The molecule has 3 unspecified atom stereocenters. The van der Waals surface area contributed by atoms with Crippen LogP contribution >= 0.6 is 0 Å². The van der Waals surface area contributed by atoms with Gasteiger partial charge in [0.1, 0.15) is 6.29 Å². The number of hydrogen-bond acceptors (Lipinski definition) is 2. The predicted molar refractivity (Wildman–Crippen MR) is 79.9 cm³/mol. The highest BCUT2D eigenvalue weighted by Gasteiger charge is 2.28. The van der Waals surface area contributed by atoms with Gasteiger partial charge in [-0.1, -0.05) is 34.1 Å². The predicted octanol–water partition coefficient (Wildman–Crippen LogP) is 3.52. The van der Waals surface area contributed by atoms with Crippen LogP contribution < -0.4 is 0 Å². The first-order chi connectivity index (χ1) is 8.88. The molecule has 3 nitrogen and oxygen atoms in total. The average Bonchev–Trinajstić information content (AvgIpc) is 2.35. The summed E-state index contributed by atoms with van der Waals surface area (Å²) in [5.41, 5.74) is 0. The lowest BCUT2D eigenvalue weighted by Crippen LogP contribution is -2.45. The van der Waals surface area contributed by atoms with E-state index in [2.05, 4.69) is 27.7 Å². The fourth-order valence-electron chi connectivity index (χ4n) is 2.82. The van der Waals surface area contributed by atoms with Crippen molar-refractivity contribution in [1.82, 2.24) is 4.90 Å². The summed E-state index contributed by atoms with van der Waals surface area (Å²) in [7, 11) is 0. The van der Waals surface area contributed by atoms with Crippen molar-refractivity contribution in [2.45, 2.75) is 66.8 Å². The Labute approximate surface area is 118 Å². The van der Waals surface area contributed by atoms with Gasteiger partial charge in [-0.2, -0.15) is 0 Å². The largest absolute Gasteiger partial charge is 0.340 e. The van der Waals surface area contributed by atoms with Crippen molar-refractivity contribution in [1.29, 1.82) is 0 Å². The monoisotopic (exact) mass is 269 g/mol. The molecule has 0 N–H and O–H groups in total. The van der Waals surface area contributed by atoms with E-state index in [9.17, 15) is 9.59 Å². The molecule has 0 saturated heterocycles. The molecule has 3 atom stereocenters. The summed E-state index contributed by atoms with van der Waals surface area (Å²) in [6, 6.07) is 0.141. The van der Waals surface area contributed by atoms with Gasteiger partial charge in [0.15, 0.2) is 0 Å². The fourth-order valence-corrected chi connectivity index (χ4v) is 2.82. The van der Waals surface area contributed by atoms with Crippen LogP contribution in [-0.2, 0) is 9.59 Å². The lowest BCUT2D eigenvalue weighted by atomic mass is 9.91. The summed E-state index contributed by atoms with van der Waals surface area (Å²) in [5.74, 6) is 1.10. The number of rotatable bonds is 9. The first-order valence-electron chi connectivity index (χ1n) is 7.62. The van der Waals surface area contributed by atoms with Crippen LogP contribution in [-0.4, -0.2) is 29.7 Å². The molecule has 0 aromatic carbocycles. The van der Waals surface area contributed by atoms with Crippen LogP contribution in [0, 0.1) is 17.8 Å². The van der Waals surface area contributed by atoms with Crippen LogP contribution in [0.1, 0.15) is 60.8 Å². The second-order valence-electron chi connectivity index (χ2n) is 5.97. The Kier molecular flexibility index (Phi) is 8.70. The molecule has 0 aromatic heterocycles. The van der Waals surface area contributed by atoms with Gasteiger partial charge >= 0.3 is 0 Å². The van der Waals surface area contributed by atoms with E-state index < -0.39 is 0 Å². The van der Waals surface area contributed by atoms with E-state index in [1.165, 1.54) is 0 Å². The first kappa shape index (κ1) is 18.1. The van der Waals surface area contributed by atoms with Crippen LogP contribution in [0.3, 0.4) is 0 Å². The molecule has 0 aliphatic heterocycles. The number of nitrogens with zero attached hydrogens (tertiary/aromatic N) is 1. The van der Waals surface area contributed by atoms with Gasteiger partial charge in [0.05, 0.1) is 0 Å². The molecule has 0 saturated carbocycles. The maximum atomic E-state index is 12.5. The number of carbonyl (C=O) groups excluding carboxylic acids is 2. The Balaban J connectivity index is 4.78. The third-order valence-corrected chi connectivity index (χ3v) is 3.97. The summed E-state index contributed by atoms with van der Waals surface area (Å²) in [4.78, 5) is 25.2. The van der Waals surface area contributed by atoms with Crippen LogP contribution in [0.4, 0.5) is 0 Å². The van der Waals surface area contributed by atoms with E-state index in [4.69, 9.17) is 0 Å². The zero-order valence-corrected chi connectivity index (χ0v) is 13.5. The van der Waals surface area contributed by atoms with Crippen LogP contribution in [0.25, 0.3) is 0 Å². The van der Waals surface area contributed by atoms with Gasteiger partial charge in [0.25, 0.3) is 0 Å². The molecule has 0 heterocycles. The highest BCUT2D eigenvalue weighted by molar-refractivity contribution is 5.78. The van der Waals surface area contributed by atoms with Crippen LogP contribution in [0.15, 0.2) is 0 Å². The molecule has 0 radical (unpaired) electrons. The summed E-state index contributed by atoms with van der Waals surface area (Å²) < 4.78 is 0. The quantitative estimate of drug-likeness (QED) is 0.601. The van der Waals surface area contributed by atoms with Gasteiger partial charge in [-0.15, -0.1) is 0 Å². The van der Waals surface area contributed by atoms with Gasteiger partial charge in [-0.25, -0.2) is 0 Å². The van der Waals surface area contributed by atoms with E-state index in [0.717, 1.165) is 25.7 Å². The molecule has 0 aliphatic carbocycles. The number of hydrogen-bond donors (Lipinski definition) is 0. The van der Waals surface area contributed by atoms with E-state index >= 15 is 0 Å². The zero-order valence-electron chi connectivity index (χ0n) is 13.5. The normalized spacial score (nSPS) is 15.9. The molecule has 1 amide bonds. The van der Waals surface area contributed by atoms with Crippen molar-refractivity contribution < 1.29 is 9.59 Å². The third-order valence-electron chi connectivity index (χ3n) is 3.97. The standard InChI is InChI=1S/C16H31NO2/c1-7-15(9-10-18)14(6)17(8-2)16(19)13(5)11-12(3)4/h10,12-15H,7-9,11H2,1-6H3. The summed E-state index contributed by atoms with van der Waals surface area (Å²) >= 11 is 0. The van der Waals surface area contributed by atoms with Crippen molar-refractivity contribution in [2.24, 2.45) is 17.8 Å². The maximum Gasteiger partial charge on any atom is 0.225 e. The fraction of sp³-hybridized carbons (Fsp3) is 0.875. The Morgan fingerprint density at radius 2 is 1.74 bits per heavy atom. The van der Waals surface area contributed by atoms with Crippen molar-refractivity contribution in [3.63, 3.8) is 0 Å². The number of amides is 1. The highest BCUT2D eigenvalue weighted by Crippen LogP contribution is 2.21. The van der Waals surface area contributed by atoms with Gasteiger partial charge in [0, 0.05) is 24.9 Å². The molecule has 0 aromatic rings. The molecule has 0 rings (SSSR count). The Morgan fingerprint density at radius 3 is 2.11 bits per heavy atom. The van der Waals surface area contributed by atoms with E-state index in [1.54, 1.807) is 0 Å². The second kappa shape index (κ2) is 9.11. The minimum atomic E-state index is 0.0659. The van der Waals surface area contributed by atoms with Crippen LogP contribution in [0.5, 0.6) is 0 Å². The lowest BCUT2D eigenvalue weighted by Gasteiger charge is -2.35. The minimum absolute atomic E-state index is 0.0659. The smallest absolute Gasteiger partial charge is 0.225 e. The van der Waals surface area contributed by atoms with Gasteiger partial charge in [0.2, 0.25) is 5.91 Å². The summed E-state index contributed by atoms with van der Waals surface area (Å²) in [6.07, 6.45) is 3.37. The lowest BCUT2D eigenvalue weighted by molar-refractivity contribution is -0.138. The van der Waals surface area contributed by atoms with Gasteiger partial charge in [-0.05, 0) is 32.1 Å². The first-order valence-corrected chi connectivity index (χ1v) is 7.62. The molecule has 0 fully saturated rings. The van der Waals surface area contributed by atoms with Gasteiger partial charge < -0.3 is 9.69 Å². The third kappa shape index (κ3) is 5.75. The van der Waals surface area contributed by atoms with E-state index in [-0.39, 0.29) is 23.8 Å². The molecular formula is C16H31NO2. The molecule has 0 bridgehead atoms. The van der Waals surface area contributed by atoms with Gasteiger partial charge in [-0.3, -0.25) is 4.79 Å². The molecule has 0 aliphatic rings. The Bertz CT molecular complexity index is 276.